The lowest BCUT2D eigenvalue weighted by Crippen LogP contribution is -2.26. The molecule has 1 aliphatic carbocycles. The smallest absolute Gasteiger partial charge is 0.274 e. The van der Waals surface area contributed by atoms with Gasteiger partial charge >= 0.3 is 0 Å². The molecule has 0 spiro atoms. The highest BCUT2D eigenvalue weighted by Crippen LogP contribution is 2.21. The molecule has 0 aliphatic heterocycles. The van der Waals surface area contributed by atoms with Gasteiger partial charge in [-0.1, -0.05) is 6.07 Å². The summed E-state index contributed by atoms with van der Waals surface area (Å²) < 4.78 is 1.69. The molecule has 24 heavy (non-hydrogen) atoms. The number of pyridine rings is 1. The number of aryl methyl sites for hydroxylation is 1. The van der Waals surface area contributed by atoms with Gasteiger partial charge in [-0.25, -0.2) is 4.98 Å². The minimum absolute atomic E-state index is 0.313. The van der Waals surface area contributed by atoms with Gasteiger partial charge in [0.1, 0.15) is 5.69 Å². The van der Waals surface area contributed by atoms with E-state index in [1.807, 2.05) is 19.3 Å². The highest BCUT2D eigenvalue weighted by atomic mass is 16.1. The molecule has 0 saturated heterocycles. The predicted octanol–water partition coefficient (Wildman–Crippen LogP) is 1.64. The molecule has 0 atom stereocenters. The van der Waals surface area contributed by atoms with Crippen molar-refractivity contribution in [2.75, 3.05) is 0 Å². The third-order valence-electron chi connectivity index (χ3n) is 3.92. The molecule has 0 radical (unpaired) electrons. The summed E-state index contributed by atoms with van der Waals surface area (Å²) in [5, 5.41) is 6.85. The molecule has 3 N–H and O–H groups in total. The lowest BCUT2D eigenvalue weighted by Gasteiger charge is -2.20. The zero-order chi connectivity index (χ0) is 16.9. The molecule has 0 bridgehead atoms. The number of aromatic nitrogens is 3. The van der Waals surface area contributed by atoms with Crippen LogP contribution in [0.4, 0.5) is 0 Å². The first-order valence-corrected chi connectivity index (χ1v) is 7.88. The number of allylic oxidation sites excluding steroid dienone is 1. The minimum atomic E-state index is -0.322. The maximum absolute atomic E-state index is 12.4. The Hall–Kier alpha value is -2.96. The molecular formula is C17H20N6O. The van der Waals surface area contributed by atoms with Crippen LogP contribution in [0.15, 0.2) is 47.5 Å². The van der Waals surface area contributed by atoms with Gasteiger partial charge in [0.2, 0.25) is 0 Å². The second kappa shape index (κ2) is 7.08. The average molecular weight is 324 g/mol. The van der Waals surface area contributed by atoms with E-state index < -0.39 is 0 Å². The zero-order valence-corrected chi connectivity index (χ0v) is 13.5. The fourth-order valence-corrected chi connectivity index (χ4v) is 2.31. The number of nitrogens with two attached hydrogens (primary N) is 1. The Balaban J connectivity index is 1.71. The first-order chi connectivity index (χ1) is 11.7. The van der Waals surface area contributed by atoms with Crippen LogP contribution in [0.5, 0.6) is 0 Å². The van der Waals surface area contributed by atoms with Crippen LogP contribution in [-0.2, 0) is 7.05 Å². The van der Waals surface area contributed by atoms with E-state index in [9.17, 15) is 4.79 Å². The third kappa shape index (κ3) is 3.68. The average Bonchev–Trinajstić information content (AvgIpc) is 2.99. The zero-order valence-electron chi connectivity index (χ0n) is 13.5. The maximum Gasteiger partial charge on any atom is 0.274 e. The number of hydrogen-bond donors (Lipinski definition) is 2. The van der Waals surface area contributed by atoms with Crippen molar-refractivity contribution in [2.45, 2.75) is 25.3 Å². The second-order valence-electron chi connectivity index (χ2n) is 5.75. The number of nitrogens with one attached hydrogen (secondary N) is 1. The summed E-state index contributed by atoms with van der Waals surface area (Å²) in [6.45, 7) is 0. The number of carbonyl (C=O) groups excluding carboxylic acids is 1. The predicted molar refractivity (Wildman–Crippen MR) is 92.3 cm³/mol. The molecule has 2 aromatic heterocycles. The van der Waals surface area contributed by atoms with E-state index in [2.05, 4.69) is 20.4 Å². The van der Waals surface area contributed by atoms with Gasteiger partial charge in [0, 0.05) is 31.2 Å². The van der Waals surface area contributed by atoms with Crippen molar-refractivity contribution in [1.29, 1.82) is 0 Å². The van der Waals surface area contributed by atoms with Gasteiger partial charge in [-0.3, -0.25) is 14.5 Å². The van der Waals surface area contributed by atoms with E-state index in [1.54, 1.807) is 29.2 Å². The molecule has 7 nitrogen and oxygen atoms in total. The number of carbonyl (C=O) groups is 1. The number of aliphatic imine (C=N–C) groups is 1. The lowest BCUT2D eigenvalue weighted by molar-refractivity contribution is 0.0963. The fraction of sp³-hybridized carbons (Fsp3) is 0.294. The van der Waals surface area contributed by atoms with Crippen molar-refractivity contribution >= 4 is 12.1 Å². The van der Waals surface area contributed by atoms with Crippen LogP contribution in [0.1, 0.15) is 29.8 Å². The molecule has 1 aliphatic rings. The molecule has 0 unspecified atom stereocenters. The first-order valence-electron chi connectivity index (χ1n) is 7.88. The van der Waals surface area contributed by atoms with Crippen molar-refractivity contribution in [3.8, 4) is 11.3 Å². The van der Waals surface area contributed by atoms with Crippen molar-refractivity contribution in [2.24, 2.45) is 17.8 Å². The van der Waals surface area contributed by atoms with E-state index in [0.717, 1.165) is 18.4 Å². The van der Waals surface area contributed by atoms with Crippen molar-refractivity contribution in [3.63, 3.8) is 0 Å². The highest BCUT2D eigenvalue weighted by molar-refractivity contribution is 5.97. The quantitative estimate of drug-likeness (QED) is 0.817. The fourth-order valence-electron chi connectivity index (χ4n) is 2.31. The van der Waals surface area contributed by atoms with E-state index in [0.29, 0.717) is 23.1 Å². The monoisotopic (exact) mass is 324 g/mol. The van der Waals surface area contributed by atoms with Crippen LogP contribution in [0.3, 0.4) is 0 Å². The third-order valence-corrected chi connectivity index (χ3v) is 3.92. The van der Waals surface area contributed by atoms with Crippen LogP contribution in [0, 0.1) is 0 Å². The molecule has 2 heterocycles. The number of amides is 1. The van der Waals surface area contributed by atoms with Gasteiger partial charge < -0.3 is 11.1 Å². The molecule has 2 aromatic rings. The Morgan fingerprint density at radius 2 is 2.29 bits per heavy atom. The number of rotatable bonds is 5. The van der Waals surface area contributed by atoms with Crippen molar-refractivity contribution in [3.05, 3.63) is 48.2 Å². The summed E-state index contributed by atoms with van der Waals surface area (Å²) in [5.74, 6) is -0.322. The van der Waals surface area contributed by atoms with Gasteiger partial charge in [0.15, 0.2) is 0 Å². The molecule has 1 amide bonds. The summed E-state index contributed by atoms with van der Waals surface area (Å²) in [6, 6.07) is 5.64. The van der Waals surface area contributed by atoms with Crippen LogP contribution < -0.4 is 11.1 Å². The Morgan fingerprint density at radius 3 is 2.92 bits per heavy atom. The highest BCUT2D eigenvalue weighted by Gasteiger charge is 2.15. The van der Waals surface area contributed by atoms with Crippen LogP contribution in [-0.4, -0.2) is 32.9 Å². The van der Waals surface area contributed by atoms with Gasteiger partial charge in [-0.2, -0.15) is 5.10 Å². The molecule has 0 aromatic carbocycles. The largest absolute Gasteiger partial charge is 0.403 e. The summed E-state index contributed by atoms with van der Waals surface area (Å²) in [7, 11) is 1.83. The van der Waals surface area contributed by atoms with E-state index >= 15 is 0 Å². The van der Waals surface area contributed by atoms with Crippen LogP contribution in [0.25, 0.3) is 11.3 Å². The molecule has 124 valence electrons. The van der Waals surface area contributed by atoms with Gasteiger partial charge in [0.25, 0.3) is 5.91 Å². The maximum atomic E-state index is 12.4. The van der Waals surface area contributed by atoms with E-state index in [-0.39, 0.29) is 5.91 Å². The Labute approximate surface area is 140 Å². The Bertz CT molecular complexity index is 788. The number of nitrogens with zero attached hydrogens (tertiary/aromatic N) is 4. The molecule has 7 heteroatoms. The molecule has 1 fully saturated rings. The topological polar surface area (TPSA) is 98.2 Å². The Kier molecular flexibility index (Phi) is 4.69. The lowest BCUT2D eigenvalue weighted by atomic mass is 9.94. The first kappa shape index (κ1) is 15.9. The molecule has 1 saturated carbocycles. The van der Waals surface area contributed by atoms with Crippen molar-refractivity contribution < 1.29 is 4.79 Å². The standard InChI is InChI=1S/C17H20N6O/c1-23-11-12(9-20-23)15-6-3-7-16(22-15)17(24)21-14(8-18)10-19-13-4-2-5-13/h3,6-11,13H,2,4-5,18H2,1H3,(H,21,24)/b14-8+,19-10?. The summed E-state index contributed by atoms with van der Waals surface area (Å²) in [4.78, 5) is 21.2. The van der Waals surface area contributed by atoms with Gasteiger partial charge in [0.05, 0.1) is 23.6 Å². The van der Waals surface area contributed by atoms with Gasteiger partial charge in [-0.05, 0) is 31.4 Å². The van der Waals surface area contributed by atoms with Crippen LogP contribution >= 0.6 is 0 Å². The summed E-state index contributed by atoms with van der Waals surface area (Å²) in [6.07, 6.45) is 9.91. The summed E-state index contributed by atoms with van der Waals surface area (Å²) in [5.41, 5.74) is 7.90. The minimum Gasteiger partial charge on any atom is -0.403 e. The SMILES string of the molecule is Cn1cc(-c2cccc(C(=O)N/C(C=NC3CCC3)=C/N)n2)cn1. The Morgan fingerprint density at radius 1 is 1.46 bits per heavy atom. The van der Waals surface area contributed by atoms with Crippen molar-refractivity contribution in [1.82, 2.24) is 20.1 Å². The van der Waals surface area contributed by atoms with Gasteiger partial charge in [-0.15, -0.1) is 0 Å². The van der Waals surface area contributed by atoms with E-state index in [1.165, 1.54) is 12.6 Å². The molecule has 3 rings (SSSR count). The normalized spacial score (nSPS) is 15.5. The number of hydrogen-bond acceptors (Lipinski definition) is 5. The van der Waals surface area contributed by atoms with E-state index in [4.69, 9.17) is 5.73 Å². The molecular weight excluding hydrogens is 304 g/mol. The summed E-state index contributed by atoms with van der Waals surface area (Å²) >= 11 is 0. The van der Waals surface area contributed by atoms with Crippen LogP contribution in [0.2, 0.25) is 0 Å². The second-order valence-corrected chi connectivity index (χ2v) is 5.75.